The second-order valence-corrected chi connectivity index (χ2v) is 3.06. The number of nitrogens with two attached hydrogens (primary N) is 1. The van der Waals surface area contributed by atoms with Gasteiger partial charge in [0, 0.05) is 25.0 Å². The molecule has 3 N–H and O–H groups in total. The molecule has 0 fully saturated rings. The summed E-state index contributed by atoms with van der Waals surface area (Å²) in [5.74, 6) is 0.0315. The molecule has 0 spiro atoms. The van der Waals surface area contributed by atoms with Gasteiger partial charge in [-0.15, -0.1) is 0 Å². The SMILES string of the molecule is CCN(CC)c1ccnc(C(N)=NO)c1. The number of nitrogens with zero attached hydrogens (tertiary/aromatic N) is 3. The number of rotatable bonds is 4. The highest BCUT2D eigenvalue weighted by atomic mass is 16.4. The second-order valence-electron chi connectivity index (χ2n) is 3.06. The van der Waals surface area contributed by atoms with Gasteiger partial charge < -0.3 is 15.8 Å². The van der Waals surface area contributed by atoms with E-state index in [9.17, 15) is 0 Å². The van der Waals surface area contributed by atoms with E-state index >= 15 is 0 Å². The van der Waals surface area contributed by atoms with Gasteiger partial charge in [0.1, 0.15) is 5.69 Å². The van der Waals surface area contributed by atoms with Gasteiger partial charge in [-0.25, -0.2) is 0 Å². The molecular weight excluding hydrogens is 192 g/mol. The Bertz CT molecular complexity index is 347. The molecule has 0 saturated heterocycles. The molecule has 0 aliphatic carbocycles. The Kier molecular flexibility index (Phi) is 3.91. The Hall–Kier alpha value is -1.78. The lowest BCUT2D eigenvalue weighted by atomic mass is 10.2. The van der Waals surface area contributed by atoms with E-state index in [2.05, 4.69) is 28.9 Å². The maximum Gasteiger partial charge on any atom is 0.188 e. The number of pyridine rings is 1. The van der Waals surface area contributed by atoms with Crippen LogP contribution in [-0.2, 0) is 0 Å². The highest BCUT2D eigenvalue weighted by Crippen LogP contribution is 2.13. The molecule has 82 valence electrons. The molecule has 1 rings (SSSR count). The first kappa shape index (κ1) is 11.3. The summed E-state index contributed by atoms with van der Waals surface area (Å²) in [6.07, 6.45) is 1.65. The number of hydrogen-bond acceptors (Lipinski definition) is 4. The zero-order valence-corrected chi connectivity index (χ0v) is 9.01. The van der Waals surface area contributed by atoms with Gasteiger partial charge in [0.25, 0.3) is 0 Å². The minimum atomic E-state index is 0.0315. The maximum atomic E-state index is 8.54. The van der Waals surface area contributed by atoms with Crippen LogP contribution in [0.4, 0.5) is 5.69 Å². The zero-order chi connectivity index (χ0) is 11.3. The number of hydrogen-bond donors (Lipinski definition) is 2. The normalized spacial score (nSPS) is 11.5. The van der Waals surface area contributed by atoms with Crippen LogP contribution in [-0.4, -0.2) is 29.1 Å². The third kappa shape index (κ3) is 2.59. The van der Waals surface area contributed by atoms with Gasteiger partial charge in [-0.2, -0.15) is 0 Å². The summed E-state index contributed by atoms with van der Waals surface area (Å²) in [5, 5.41) is 11.5. The van der Waals surface area contributed by atoms with Crippen LogP contribution in [0.2, 0.25) is 0 Å². The van der Waals surface area contributed by atoms with Crippen molar-refractivity contribution in [2.24, 2.45) is 10.9 Å². The smallest absolute Gasteiger partial charge is 0.188 e. The van der Waals surface area contributed by atoms with Gasteiger partial charge in [0.2, 0.25) is 0 Å². The van der Waals surface area contributed by atoms with Gasteiger partial charge in [-0.3, -0.25) is 4.98 Å². The number of oxime groups is 1. The van der Waals surface area contributed by atoms with Gasteiger partial charge in [-0.05, 0) is 26.0 Å². The Labute approximate surface area is 89.2 Å². The fraction of sp³-hybridized carbons (Fsp3) is 0.400. The fourth-order valence-electron chi connectivity index (χ4n) is 1.40. The van der Waals surface area contributed by atoms with Gasteiger partial charge in [-0.1, -0.05) is 5.16 Å². The zero-order valence-electron chi connectivity index (χ0n) is 9.01. The fourth-order valence-corrected chi connectivity index (χ4v) is 1.40. The van der Waals surface area contributed by atoms with Crippen LogP contribution in [0.15, 0.2) is 23.5 Å². The molecule has 0 saturated carbocycles. The highest BCUT2D eigenvalue weighted by molar-refractivity contribution is 5.95. The highest BCUT2D eigenvalue weighted by Gasteiger charge is 2.05. The number of anilines is 1. The lowest BCUT2D eigenvalue weighted by Crippen LogP contribution is -2.23. The number of aromatic nitrogens is 1. The van der Waals surface area contributed by atoms with Crippen molar-refractivity contribution in [2.75, 3.05) is 18.0 Å². The van der Waals surface area contributed by atoms with Crippen LogP contribution in [0, 0.1) is 0 Å². The quantitative estimate of drug-likeness (QED) is 0.335. The standard InChI is InChI=1S/C10H16N4O/c1-3-14(4-2)8-5-6-12-9(7-8)10(11)13-15/h5-7,15H,3-4H2,1-2H3,(H2,11,13). The molecule has 1 heterocycles. The molecule has 15 heavy (non-hydrogen) atoms. The van der Waals surface area contributed by atoms with Crippen molar-refractivity contribution in [3.63, 3.8) is 0 Å². The largest absolute Gasteiger partial charge is 0.409 e. The molecular formula is C10H16N4O. The summed E-state index contributed by atoms with van der Waals surface area (Å²) in [6.45, 7) is 5.98. The molecule has 0 aliphatic heterocycles. The molecule has 1 aromatic heterocycles. The van der Waals surface area contributed by atoms with E-state index < -0.39 is 0 Å². The second kappa shape index (κ2) is 5.19. The molecule has 0 bridgehead atoms. The van der Waals surface area contributed by atoms with Crippen LogP contribution in [0.1, 0.15) is 19.5 Å². The van der Waals surface area contributed by atoms with Crippen LogP contribution in [0.5, 0.6) is 0 Å². The molecule has 0 atom stereocenters. The Balaban J connectivity index is 3.01. The van der Waals surface area contributed by atoms with Gasteiger partial charge in [0.15, 0.2) is 5.84 Å². The number of amidine groups is 1. The summed E-state index contributed by atoms with van der Waals surface area (Å²) in [5.41, 5.74) is 6.98. The minimum absolute atomic E-state index is 0.0315. The molecule has 5 heteroatoms. The third-order valence-corrected chi connectivity index (χ3v) is 2.24. The molecule has 0 aliphatic rings. The first-order chi connectivity index (χ1) is 7.22. The van der Waals surface area contributed by atoms with E-state index in [1.54, 1.807) is 6.20 Å². The lowest BCUT2D eigenvalue weighted by Gasteiger charge is -2.21. The van der Waals surface area contributed by atoms with E-state index in [4.69, 9.17) is 10.9 Å². The van der Waals surface area contributed by atoms with Crippen LogP contribution >= 0.6 is 0 Å². The van der Waals surface area contributed by atoms with Crippen molar-refractivity contribution in [3.8, 4) is 0 Å². The van der Waals surface area contributed by atoms with Gasteiger partial charge >= 0.3 is 0 Å². The average molecular weight is 208 g/mol. The molecule has 1 aromatic rings. The van der Waals surface area contributed by atoms with E-state index in [0.29, 0.717) is 5.69 Å². The summed E-state index contributed by atoms with van der Waals surface area (Å²) in [7, 11) is 0. The molecule has 0 amide bonds. The van der Waals surface area contributed by atoms with E-state index in [0.717, 1.165) is 18.8 Å². The van der Waals surface area contributed by atoms with E-state index in [1.807, 2.05) is 12.1 Å². The third-order valence-electron chi connectivity index (χ3n) is 2.24. The summed E-state index contributed by atoms with van der Waals surface area (Å²) < 4.78 is 0. The topological polar surface area (TPSA) is 74.7 Å². The van der Waals surface area contributed by atoms with Gasteiger partial charge in [0.05, 0.1) is 0 Å². The average Bonchev–Trinajstić information content (AvgIpc) is 2.30. The van der Waals surface area contributed by atoms with E-state index in [-0.39, 0.29) is 5.84 Å². The Morgan fingerprint density at radius 2 is 2.20 bits per heavy atom. The van der Waals surface area contributed by atoms with Crippen molar-refractivity contribution in [1.82, 2.24) is 4.98 Å². The van der Waals surface area contributed by atoms with Crippen LogP contribution in [0.3, 0.4) is 0 Å². The van der Waals surface area contributed by atoms with Crippen LogP contribution in [0.25, 0.3) is 0 Å². The first-order valence-electron chi connectivity index (χ1n) is 4.91. The summed E-state index contributed by atoms with van der Waals surface area (Å²) >= 11 is 0. The molecule has 0 radical (unpaired) electrons. The Morgan fingerprint density at radius 1 is 1.53 bits per heavy atom. The monoisotopic (exact) mass is 208 g/mol. The van der Waals surface area contributed by atoms with E-state index in [1.165, 1.54) is 0 Å². The lowest BCUT2D eigenvalue weighted by molar-refractivity contribution is 0.318. The predicted octanol–water partition coefficient (Wildman–Crippen LogP) is 1.02. The summed E-state index contributed by atoms with van der Waals surface area (Å²) in [6, 6.07) is 3.71. The molecule has 5 nitrogen and oxygen atoms in total. The van der Waals surface area contributed by atoms with Crippen molar-refractivity contribution in [1.29, 1.82) is 0 Å². The van der Waals surface area contributed by atoms with Crippen molar-refractivity contribution in [2.45, 2.75) is 13.8 Å². The maximum absolute atomic E-state index is 8.54. The van der Waals surface area contributed by atoms with Crippen molar-refractivity contribution >= 4 is 11.5 Å². The Morgan fingerprint density at radius 3 is 2.73 bits per heavy atom. The van der Waals surface area contributed by atoms with Crippen molar-refractivity contribution < 1.29 is 5.21 Å². The van der Waals surface area contributed by atoms with Crippen molar-refractivity contribution in [3.05, 3.63) is 24.0 Å². The minimum Gasteiger partial charge on any atom is -0.409 e. The predicted molar refractivity (Wildman–Crippen MR) is 60.3 cm³/mol. The molecule has 0 unspecified atom stereocenters. The summed E-state index contributed by atoms with van der Waals surface area (Å²) in [4.78, 5) is 6.18. The van der Waals surface area contributed by atoms with Crippen LogP contribution < -0.4 is 10.6 Å². The first-order valence-corrected chi connectivity index (χ1v) is 4.91. The molecule has 0 aromatic carbocycles.